The molecule has 1 aromatic rings. The van der Waals surface area contributed by atoms with Gasteiger partial charge < -0.3 is 20.4 Å². The second-order valence-electron chi connectivity index (χ2n) is 5.50. The zero-order valence-electron chi connectivity index (χ0n) is 12.9. The van der Waals surface area contributed by atoms with Crippen LogP contribution in [0, 0.1) is 12.8 Å². The van der Waals surface area contributed by atoms with E-state index in [2.05, 4.69) is 27.9 Å². The first-order valence-electron chi connectivity index (χ1n) is 7.41. The predicted octanol–water partition coefficient (Wildman–Crippen LogP) is 1.28. The van der Waals surface area contributed by atoms with E-state index in [0.717, 1.165) is 30.4 Å². The summed E-state index contributed by atoms with van der Waals surface area (Å²) in [4.78, 5) is 16.0. The largest absolute Gasteiger partial charge is 0.459 e. The molecule has 0 saturated heterocycles. The number of hydrogen-bond donors (Lipinski definition) is 3. The van der Waals surface area contributed by atoms with Gasteiger partial charge in [-0.3, -0.25) is 9.79 Å². The van der Waals surface area contributed by atoms with Crippen LogP contribution in [0.3, 0.4) is 0 Å². The lowest BCUT2D eigenvalue weighted by molar-refractivity contribution is 0.0925. The molecule has 2 atom stereocenters. The van der Waals surface area contributed by atoms with Crippen LogP contribution in [-0.2, 0) is 0 Å². The van der Waals surface area contributed by atoms with E-state index in [0.29, 0.717) is 18.3 Å². The van der Waals surface area contributed by atoms with Gasteiger partial charge in [0, 0.05) is 31.7 Å². The molecular weight excluding hydrogens is 268 g/mol. The van der Waals surface area contributed by atoms with E-state index in [1.807, 2.05) is 6.92 Å². The van der Waals surface area contributed by atoms with E-state index in [4.69, 9.17) is 4.42 Å². The average molecular weight is 292 g/mol. The Labute approximate surface area is 125 Å². The lowest BCUT2D eigenvalue weighted by Crippen LogP contribution is -2.40. The van der Waals surface area contributed by atoms with E-state index in [1.165, 1.54) is 12.7 Å². The van der Waals surface area contributed by atoms with Gasteiger partial charge >= 0.3 is 0 Å². The van der Waals surface area contributed by atoms with Gasteiger partial charge in [0.2, 0.25) is 0 Å². The highest BCUT2D eigenvalue weighted by molar-refractivity contribution is 5.92. The van der Waals surface area contributed by atoms with Crippen LogP contribution in [0.2, 0.25) is 0 Å². The molecule has 6 nitrogen and oxygen atoms in total. The highest BCUT2D eigenvalue weighted by Crippen LogP contribution is 2.28. The molecular formula is C15H24N4O2. The fraction of sp³-hybridized carbons (Fsp3) is 0.600. The molecule has 0 bridgehead atoms. The second-order valence-corrected chi connectivity index (χ2v) is 5.50. The highest BCUT2D eigenvalue weighted by Gasteiger charge is 2.33. The minimum Gasteiger partial charge on any atom is -0.459 e. The van der Waals surface area contributed by atoms with Gasteiger partial charge in [0.25, 0.3) is 5.91 Å². The quantitative estimate of drug-likeness (QED) is 0.419. The normalized spacial score (nSPS) is 21.0. The molecule has 0 radical (unpaired) electrons. The number of aryl methyl sites for hydroxylation is 1. The molecule has 0 spiro atoms. The van der Waals surface area contributed by atoms with Gasteiger partial charge in [-0.2, -0.15) is 0 Å². The standard InChI is InChI=1S/C15H24N4O2/c1-10-5-8-21-13(10)14(20)17-6-4-7-18-15(16-3)19-12-9-11(12)2/h5,8,11-12H,4,6-7,9H2,1-3H3,(H,17,20)(H2,16,18,19). The maximum absolute atomic E-state index is 11.8. The minimum atomic E-state index is -0.160. The lowest BCUT2D eigenvalue weighted by Gasteiger charge is -2.11. The Morgan fingerprint density at radius 2 is 2.14 bits per heavy atom. The first-order valence-corrected chi connectivity index (χ1v) is 7.41. The Morgan fingerprint density at radius 1 is 1.43 bits per heavy atom. The summed E-state index contributed by atoms with van der Waals surface area (Å²) in [5.74, 6) is 1.80. The van der Waals surface area contributed by atoms with E-state index >= 15 is 0 Å². The summed E-state index contributed by atoms with van der Waals surface area (Å²) in [5, 5.41) is 9.45. The number of carbonyl (C=O) groups is 1. The number of aliphatic imine (C=N–C) groups is 1. The Kier molecular flexibility index (Phi) is 5.25. The van der Waals surface area contributed by atoms with Gasteiger partial charge in [0.15, 0.2) is 11.7 Å². The maximum atomic E-state index is 11.8. The van der Waals surface area contributed by atoms with Crippen molar-refractivity contribution in [3.63, 3.8) is 0 Å². The number of nitrogens with zero attached hydrogens (tertiary/aromatic N) is 1. The van der Waals surface area contributed by atoms with Gasteiger partial charge in [-0.15, -0.1) is 0 Å². The molecule has 116 valence electrons. The summed E-state index contributed by atoms with van der Waals surface area (Å²) >= 11 is 0. The molecule has 6 heteroatoms. The Bertz CT molecular complexity index is 510. The lowest BCUT2D eigenvalue weighted by atomic mass is 10.2. The van der Waals surface area contributed by atoms with Crippen LogP contribution in [0.1, 0.15) is 35.9 Å². The third kappa shape index (κ3) is 4.51. The van der Waals surface area contributed by atoms with Crippen molar-refractivity contribution in [2.45, 2.75) is 32.7 Å². The van der Waals surface area contributed by atoms with E-state index in [1.54, 1.807) is 13.1 Å². The van der Waals surface area contributed by atoms with Gasteiger partial charge in [0.05, 0.1) is 6.26 Å². The Balaban J connectivity index is 1.59. The number of carbonyl (C=O) groups excluding carboxylic acids is 1. The van der Waals surface area contributed by atoms with Crippen molar-refractivity contribution < 1.29 is 9.21 Å². The highest BCUT2D eigenvalue weighted by atomic mass is 16.3. The minimum absolute atomic E-state index is 0.160. The van der Waals surface area contributed by atoms with Crippen LogP contribution in [0.25, 0.3) is 0 Å². The Morgan fingerprint density at radius 3 is 2.71 bits per heavy atom. The molecule has 1 amide bonds. The van der Waals surface area contributed by atoms with Gasteiger partial charge in [-0.25, -0.2) is 0 Å². The average Bonchev–Trinajstić information content (AvgIpc) is 2.97. The molecule has 1 aliphatic rings. The van der Waals surface area contributed by atoms with Crippen molar-refractivity contribution in [3.8, 4) is 0 Å². The monoisotopic (exact) mass is 292 g/mol. The van der Waals surface area contributed by atoms with Crippen molar-refractivity contribution in [2.75, 3.05) is 20.1 Å². The number of rotatable bonds is 6. The summed E-state index contributed by atoms with van der Waals surface area (Å²) in [6.07, 6.45) is 3.56. The molecule has 1 saturated carbocycles. The topological polar surface area (TPSA) is 78.7 Å². The molecule has 1 aromatic heterocycles. The Hall–Kier alpha value is -1.98. The van der Waals surface area contributed by atoms with E-state index in [-0.39, 0.29) is 5.91 Å². The smallest absolute Gasteiger partial charge is 0.287 e. The predicted molar refractivity (Wildman–Crippen MR) is 82.5 cm³/mol. The van der Waals surface area contributed by atoms with Gasteiger partial charge in [-0.1, -0.05) is 6.92 Å². The molecule has 1 aliphatic carbocycles. The summed E-state index contributed by atoms with van der Waals surface area (Å²) in [7, 11) is 1.77. The van der Waals surface area contributed by atoms with Gasteiger partial charge in [-0.05, 0) is 31.7 Å². The van der Waals surface area contributed by atoms with Crippen molar-refractivity contribution in [1.82, 2.24) is 16.0 Å². The van der Waals surface area contributed by atoms with Crippen molar-refractivity contribution in [3.05, 3.63) is 23.7 Å². The summed E-state index contributed by atoms with van der Waals surface area (Å²) in [5.41, 5.74) is 0.855. The molecule has 3 N–H and O–H groups in total. The SMILES string of the molecule is CN=C(NCCCNC(=O)c1occc1C)NC1CC1C. The molecule has 2 unspecified atom stereocenters. The summed E-state index contributed by atoms with van der Waals surface area (Å²) in [6, 6.07) is 2.34. The van der Waals surface area contributed by atoms with Crippen LogP contribution in [0.5, 0.6) is 0 Å². The summed E-state index contributed by atoms with van der Waals surface area (Å²) in [6.45, 7) is 5.44. The first kappa shape index (κ1) is 15.4. The van der Waals surface area contributed by atoms with Crippen molar-refractivity contribution in [1.29, 1.82) is 0 Å². The van der Waals surface area contributed by atoms with Crippen molar-refractivity contribution in [2.24, 2.45) is 10.9 Å². The molecule has 2 rings (SSSR count). The van der Waals surface area contributed by atoms with Crippen LogP contribution >= 0.6 is 0 Å². The molecule has 0 aliphatic heterocycles. The fourth-order valence-corrected chi connectivity index (χ4v) is 2.08. The fourth-order valence-electron chi connectivity index (χ4n) is 2.08. The number of furan rings is 1. The summed E-state index contributed by atoms with van der Waals surface area (Å²) < 4.78 is 5.14. The third-order valence-corrected chi connectivity index (χ3v) is 3.66. The van der Waals surface area contributed by atoms with Crippen LogP contribution < -0.4 is 16.0 Å². The number of guanidine groups is 1. The van der Waals surface area contributed by atoms with Crippen LogP contribution in [0.15, 0.2) is 21.7 Å². The van der Waals surface area contributed by atoms with Crippen molar-refractivity contribution >= 4 is 11.9 Å². The number of hydrogen-bond acceptors (Lipinski definition) is 3. The zero-order chi connectivity index (χ0) is 15.2. The van der Waals surface area contributed by atoms with E-state index < -0.39 is 0 Å². The molecule has 1 fully saturated rings. The molecule has 21 heavy (non-hydrogen) atoms. The number of amides is 1. The second kappa shape index (κ2) is 7.15. The maximum Gasteiger partial charge on any atom is 0.287 e. The van der Waals surface area contributed by atoms with Crippen LogP contribution in [0.4, 0.5) is 0 Å². The zero-order valence-corrected chi connectivity index (χ0v) is 12.9. The van der Waals surface area contributed by atoms with E-state index in [9.17, 15) is 4.79 Å². The third-order valence-electron chi connectivity index (χ3n) is 3.66. The number of nitrogens with one attached hydrogen (secondary N) is 3. The molecule has 0 aromatic carbocycles. The van der Waals surface area contributed by atoms with Crippen LogP contribution in [-0.4, -0.2) is 38.0 Å². The van der Waals surface area contributed by atoms with Gasteiger partial charge in [0.1, 0.15) is 0 Å². The molecule has 1 heterocycles. The first-order chi connectivity index (χ1) is 10.1.